The van der Waals surface area contributed by atoms with Gasteiger partial charge in [0.2, 0.25) is 0 Å². The van der Waals surface area contributed by atoms with Crippen LogP contribution in [0.1, 0.15) is 5.56 Å². The Balaban J connectivity index is 3.03. The van der Waals surface area contributed by atoms with E-state index in [-0.39, 0.29) is 0 Å². The molecule has 0 fully saturated rings. The molecule has 1 nitrogen and oxygen atoms in total. The van der Waals surface area contributed by atoms with Crippen molar-refractivity contribution in [2.24, 2.45) is 4.99 Å². The third-order valence-electron chi connectivity index (χ3n) is 1.30. The van der Waals surface area contributed by atoms with Crippen molar-refractivity contribution in [3.8, 4) is 0 Å². The summed E-state index contributed by atoms with van der Waals surface area (Å²) in [5, 5.41) is 0. The molecule has 10 heavy (non-hydrogen) atoms. The Morgan fingerprint density at radius 2 is 2.10 bits per heavy atom. The summed E-state index contributed by atoms with van der Waals surface area (Å²) in [7, 11) is 0. The van der Waals surface area contributed by atoms with Gasteiger partial charge in [-0.05, 0) is 41.1 Å². The molecule has 0 aliphatic heterocycles. The Bertz CT molecular complexity index is 243. The largest absolute Gasteiger partial charge is 0.250 e. The zero-order valence-corrected chi connectivity index (χ0v) is 7.87. The number of aliphatic imine (C=N–C) groups is 1. The molecule has 0 atom stereocenters. The van der Waals surface area contributed by atoms with Gasteiger partial charge in [0.25, 0.3) is 0 Å². The second kappa shape index (κ2) is 3.71. The summed E-state index contributed by atoms with van der Waals surface area (Å²) in [6.07, 6.45) is 0. The molecule has 0 aliphatic rings. The van der Waals surface area contributed by atoms with Crippen LogP contribution in [-0.2, 0) is 0 Å². The molecule has 0 N–H and O–H groups in total. The summed E-state index contributed by atoms with van der Waals surface area (Å²) < 4.78 is 1.78. The van der Waals surface area contributed by atoms with E-state index in [9.17, 15) is 0 Å². The number of hydrogen-bond donors (Lipinski definition) is 0. The van der Waals surface area contributed by atoms with Gasteiger partial charge in [-0.3, -0.25) is 4.99 Å². The van der Waals surface area contributed by atoms with Gasteiger partial charge >= 0.3 is 0 Å². The highest BCUT2D eigenvalue weighted by Gasteiger charge is 1.89. The highest BCUT2D eigenvalue weighted by atomic mass is 127. The van der Waals surface area contributed by atoms with Crippen LogP contribution >= 0.6 is 22.6 Å². The fraction of sp³-hybridized carbons (Fsp3) is 0.125. The number of para-hydroxylation sites is 1. The number of rotatable bonds is 1. The van der Waals surface area contributed by atoms with E-state index in [0.29, 0.717) is 0 Å². The summed E-state index contributed by atoms with van der Waals surface area (Å²) in [4.78, 5) is 4.17. The molecule has 1 rings (SSSR count). The molecule has 0 saturated heterocycles. The summed E-state index contributed by atoms with van der Waals surface area (Å²) in [5.74, 6) is 0. The summed E-state index contributed by atoms with van der Waals surface area (Å²) in [5.41, 5.74) is 2.27. The van der Waals surface area contributed by atoms with E-state index >= 15 is 0 Å². The second-order valence-electron chi connectivity index (χ2n) is 2.01. The monoisotopic (exact) mass is 245 g/mol. The Labute approximate surface area is 74.3 Å². The van der Waals surface area contributed by atoms with Crippen molar-refractivity contribution in [2.45, 2.75) is 6.92 Å². The van der Waals surface area contributed by atoms with Gasteiger partial charge in [0, 0.05) is 0 Å². The van der Waals surface area contributed by atoms with Crippen LogP contribution in [0.2, 0.25) is 0 Å². The smallest absolute Gasteiger partial charge is 0.0664 e. The standard InChI is InChI=1S/C8H8IN/c1-7-4-2-3-5-8(7)10-6-9/h2-6H,1H3. The van der Waals surface area contributed by atoms with Gasteiger partial charge in [0.1, 0.15) is 0 Å². The minimum atomic E-state index is 1.05. The zero-order valence-electron chi connectivity index (χ0n) is 5.71. The first-order valence-corrected chi connectivity index (χ1v) is 4.27. The third-order valence-corrected chi connectivity index (χ3v) is 1.58. The Morgan fingerprint density at radius 1 is 1.40 bits per heavy atom. The normalized spacial score (nSPS) is 10.6. The van der Waals surface area contributed by atoms with Crippen molar-refractivity contribution in [2.75, 3.05) is 0 Å². The third kappa shape index (κ3) is 1.80. The molecule has 0 spiro atoms. The number of hydrogen-bond acceptors (Lipinski definition) is 1. The maximum absolute atomic E-state index is 4.17. The van der Waals surface area contributed by atoms with Crippen molar-refractivity contribution in [3.63, 3.8) is 0 Å². The van der Waals surface area contributed by atoms with Gasteiger partial charge in [-0.25, -0.2) is 0 Å². The lowest BCUT2D eigenvalue weighted by Crippen LogP contribution is -1.70. The average Bonchev–Trinajstić information content (AvgIpc) is 1.94. The van der Waals surface area contributed by atoms with E-state index in [2.05, 4.69) is 40.6 Å². The van der Waals surface area contributed by atoms with Gasteiger partial charge in [0.15, 0.2) is 0 Å². The first-order valence-electron chi connectivity index (χ1n) is 3.03. The summed E-state index contributed by atoms with van der Waals surface area (Å²) in [6.45, 7) is 2.05. The second-order valence-corrected chi connectivity index (χ2v) is 2.57. The molecule has 0 aliphatic carbocycles. The predicted octanol–water partition coefficient (Wildman–Crippen LogP) is 3.09. The lowest BCUT2D eigenvalue weighted by atomic mass is 10.2. The Kier molecular flexibility index (Phi) is 2.86. The van der Waals surface area contributed by atoms with Crippen LogP contribution in [0.25, 0.3) is 0 Å². The van der Waals surface area contributed by atoms with Crippen LogP contribution in [0.3, 0.4) is 0 Å². The molecule has 1 aromatic rings. The van der Waals surface area contributed by atoms with E-state index in [1.165, 1.54) is 5.56 Å². The molecule has 0 radical (unpaired) electrons. The average molecular weight is 245 g/mol. The van der Waals surface area contributed by atoms with Crippen LogP contribution in [0.15, 0.2) is 29.3 Å². The fourth-order valence-corrected chi connectivity index (χ4v) is 1.06. The van der Waals surface area contributed by atoms with Crippen molar-refractivity contribution >= 4 is 32.5 Å². The molecular formula is C8H8IN. The molecule has 0 saturated carbocycles. The van der Waals surface area contributed by atoms with Crippen molar-refractivity contribution in [3.05, 3.63) is 29.8 Å². The summed E-state index contributed by atoms with van der Waals surface area (Å²) >= 11 is 2.12. The molecule has 2 heteroatoms. The van der Waals surface area contributed by atoms with E-state index in [1.807, 2.05) is 18.2 Å². The van der Waals surface area contributed by atoms with Crippen LogP contribution in [0.4, 0.5) is 5.69 Å². The fourth-order valence-electron chi connectivity index (χ4n) is 0.761. The quantitative estimate of drug-likeness (QED) is 0.532. The number of benzene rings is 1. The van der Waals surface area contributed by atoms with Gasteiger partial charge in [-0.2, -0.15) is 0 Å². The number of aryl methyl sites for hydroxylation is 1. The van der Waals surface area contributed by atoms with E-state index in [4.69, 9.17) is 0 Å². The molecule has 0 bridgehead atoms. The minimum Gasteiger partial charge on any atom is -0.250 e. The maximum atomic E-state index is 4.17. The first kappa shape index (κ1) is 7.72. The highest BCUT2D eigenvalue weighted by Crippen LogP contribution is 2.16. The lowest BCUT2D eigenvalue weighted by molar-refractivity contribution is 1.41. The Morgan fingerprint density at radius 3 is 2.70 bits per heavy atom. The van der Waals surface area contributed by atoms with Crippen LogP contribution in [0, 0.1) is 6.92 Å². The van der Waals surface area contributed by atoms with Gasteiger partial charge < -0.3 is 0 Å². The predicted molar refractivity (Wildman–Crippen MR) is 53.4 cm³/mol. The molecule has 0 heterocycles. The van der Waals surface area contributed by atoms with E-state index < -0.39 is 0 Å². The van der Waals surface area contributed by atoms with Crippen molar-refractivity contribution in [1.82, 2.24) is 0 Å². The summed E-state index contributed by atoms with van der Waals surface area (Å²) in [6, 6.07) is 8.07. The van der Waals surface area contributed by atoms with Gasteiger partial charge in [0.05, 0.1) is 9.91 Å². The van der Waals surface area contributed by atoms with Crippen LogP contribution < -0.4 is 0 Å². The SMILES string of the molecule is Cc1ccccc1N=CI. The maximum Gasteiger partial charge on any atom is 0.0664 e. The van der Waals surface area contributed by atoms with Crippen molar-refractivity contribution < 1.29 is 0 Å². The van der Waals surface area contributed by atoms with E-state index in [0.717, 1.165) is 5.69 Å². The lowest BCUT2D eigenvalue weighted by Gasteiger charge is -1.95. The molecular weight excluding hydrogens is 237 g/mol. The molecule has 1 aromatic carbocycles. The number of nitrogens with zero attached hydrogens (tertiary/aromatic N) is 1. The van der Waals surface area contributed by atoms with Gasteiger partial charge in [-0.1, -0.05) is 18.2 Å². The first-order chi connectivity index (χ1) is 4.84. The van der Waals surface area contributed by atoms with Crippen LogP contribution in [0.5, 0.6) is 0 Å². The molecule has 0 unspecified atom stereocenters. The van der Waals surface area contributed by atoms with Crippen molar-refractivity contribution in [1.29, 1.82) is 0 Å². The molecule has 0 amide bonds. The number of halogens is 1. The highest BCUT2D eigenvalue weighted by molar-refractivity contribution is 14.1. The van der Waals surface area contributed by atoms with Gasteiger partial charge in [-0.15, -0.1) is 0 Å². The molecule has 52 valence electrons. The zero-order chi connectivity index (χ0) is 7.40. The van der Waals surface area contributed by atoms with Crippen LogP contribution in [-0.4, -0.2) is 4.22 Å². The minimum absolute atomic E-state index is 1.05. The van der Waals surface area contributed by atoms with E-state index in [1.54, 1.807) is 4.22 Å². The Hall–Kier alpha value is -0.380. The topological polar surface area (TPSA) is 12.4 Å². The molecule has 0 aromatic heterocycles.